The lowest BCUT2D eigenvalue weighted by molar-refractivity contribution is 0.480. The monoisotopic (exact) mass is 308 g/mol. The highest BCUT2D eigenvalue weighted by Gasteiger charge is 2.15. The molecule has 6 heteroatoms. The molecule has 0 unspecified atom stereocenters. The number of aromatic nitrogens is 3. The number of nitrogens with two attached hydrogens (primary N) is 1. The van der Waals surface area contributed by atoms with E-state index >= 15 is 0 Å². The van der Waals surface area contributed by atoms with E-state index in [-0.39, 0.29) is 0 Å². The second-order valence-electron chi connectivity index (χ2n) is 5.98. The second-order valence-corrected chi connectivity index (χ2v) is 5.98. The Morgan fingerprint density at radius 3 is 2.96 bits per heavy atom. The molecule has 1 aliphatic rings. The van der Waals surface area contributed by atoms with Crippen LogP contribution in [0.2, 0.25) is 0 Å². The van der Waals surface area contributed by atoms with Crippen molar-refractivity contribution in [1.29, 1.82) is 0 Å². The number of anilines is 2. The van der Waals surface area contributed by atoms with Crippen LogP contribution in [0.25, 0.3) is 22.2 Å². The third kappa shape index (κ3) is 2.85. The Kier molecular flexibility index (Phi) is 3.59. The summed E-state index contributed by atoms with van der Waals surface area (Å²) in [6.07, 6.45) is 4.11. The molecule has 23 heavy (non-hydrogen) atoms. The van der Waals surface area contributed by atoms with E-state index in [1.54, 1.807) is 6.20 Å². The summed E-state index contributed by atoms with van der Waals surface area (Å²) in [7, 11) is 0. The van der Waals surface area contributed by atoms with Crippen LogP contribution in [0, 0.1) is 0 Å². The van der Waals surface area contributed by atoms with Gasteiger partial charge >= 0.3 is 0 Å². The van der Waals surface area contributed by atoms with Crippen LogP contribution in [-0.2, 0) is 0 Å². The van der Waals surface area contributed by atoms with Crippen molar-refractivity contribution in [2.45, 2.75) is 18.9 Å². The molecule has 0 bridgehead atoms. The molecule has 1 saturated heterocycles. The molecular formula is C17H20N6. The summed E-state index contributed by atoms with van der Waals surface area (Å²) >= 11 is 0. The zero-order valence-electron chi connectivity index (χ0n) is 12.8. The van der Waals surface area contributed by atoms with E-state index in [2.05, 4.69) is 37.9 Å². The van der Waals surface area contributed by atoms with Crippen LogP contribution in [0.1, 0.15) is 12.8 Å². The molecule has 3 heterocycles. The number of fused-ring (bicyclic) bond motifs is 1. The first-order chi connectivity index (χ1) is 11.3. The van der Waals surface area contributed by atoms with E-state index in [4.69, 9.17) is 5.73 Å². The number of nitrogens with one attached hydrogen (secondary N) is 3. The standard InChI is InChI=1S/C17H20N6/c18-17-9-16(21-12-2-1-6-19-10-12)13-4-3-11(8-15(13)22-17)14-5-7-20-23-14/h3-5,7-9,12,19H,1-2,6,10H2,(H,20,23)(H3,18,21,22)/t12-/m0/s1. The first kappa shape index (κ1) is 14.0. The molecule has 118 valence electrons. The third-order valence-electron chi connectivity index (χ3n) is 4.30. The van der Waals surface area contributed by atoms with Crippen LogP contribution in [0.15, 0.2) is 36.5 Å². The zero-order valence-corrected chi connectivity index (χ0v) is 12.8. The quantitative estimate of drug-likeness (QED) is 0.596. The highest BCUT2D eigenvalue weighted by atomic mass is 15.1. The van der Waals surface area contributed by atoms with Gasteiger partial charge in [0.05, 0.1) is 11.2 Å². The van der Waals surface area contributed by atoms with Gasteiger partial charge in [-0.25, -0.2) is 4.98 Å². The highest BCUT2D eigenvalue weighted by molar-refractivity contribution is 5.95. The van der Waals surface area contributed by atoms with Gasteiger partial charge in [-0.3, -0.25) is 5.10 Å². The fourth-order valence-electron chi connectivity index (χ4n) is 3.15. The van der Waals surface area contributed by atoms with E-state index in [0.717, 1.165) is 40.9 Å². The Bertz CT molecular complexity index is 805. The maximum atomic E-state index is 6.01. The molecule has 0 aliphatic carbocycles. The second kappa shape index (κ2) is 5.89. The van der Waals surface area contributed by atoms with Crippen molar-refractivity contribution in [2.24, 2.45) is 0 Å². The van der Waals surface area contributed by atoms with Gasteiger partial charge in [-0.15, -0.1) is 0 Å². The molecule has 3 aromatic rings. The van der Waals surface area contributed by atoms with E-state index in [1.807, 2.05) is 18.2 Å². The topological polar surface area (TPSA) is 91.6 Å². The van der Waals surface area contributed by atoms with Crippen LogP contribution < -0.4 is 16.4 Å². The molecule has 6 nitrogen and oxygen atoms in total. The Morgan fingerprint density at radius 2 is 2.17 bits per heavy atom. The van der Waals surface area contributed by atoms with E-state index in [9.17, 15) is 0 Å². The average Bonchev–Trinajstić information content (AvgIpc) is 3.09. The van der Waals surface area contributed by atoms with E-state index in [0.29, 0.717) is 11.9 Å². The van der Waals surface area contributed by atoms with Crippen LogP contribution in [0.5, 0.6) is 0 Å². The number of hydrogen-bond acceptors (Lipinski definition) is 5. The predicted octanol–water partition coefficient (Wildman–Crippen LogP) is 2.37. The first-order valence-corrected chi connectivity index (χ1v) is 7.97. The van der Waals surface area contributed by atoms with Crippen molar-refractivity contribution in [3.8, 4) is 11.3 Å². The fourth-order valence-corrected chi connectivity index (χ4v) is 3.15. The molecule has 0 saturated carbocycles. The van der Waals surface area contributed by atoms with Gasteiger partial charge in [0.2, 0.25) is 0 Å². The van der Waals surface area contributed by atoms with Crippen molar-refractivity contribution < 1.29 is 0 Å². The Hall–Kier alpha value is -2.60. The lowest BCUT2D eigenvalue weighted by Crippen LogP contribution is -2.38. The van der Waals surface area contributed by atoms with Gasteiger partial charge in [0.25, 0.3) is 0 Å². The minimum absolute atomic E-state index is 0.432. The molecule has 0 amide bonds. The van der Waals surface area contributed by atoms with E-state index < -0.39 is 0 Å². The summed E-state index contributed by atoms with van der Waals surface area (Å²) in [5.74, 6) is 0.533. The number of benzene rings is 1. The van der Waals surface area contributed by atoms with Crippen LogP contribution in [-0.4, -0.2) is 34.3 Å². The van der Waals surface area contributed by atoms with Gasteiger partial charge in [-0.2, -0.15) is 5.10 Å². The molecule has 4 rings (SSSR count). The van der Waals surface area contributed by atoms with Gasteiger partial charge in [0.15, 0.2) is 0 Å². The SMILES string of the molecule is Nc1cc(N[C@H]2CCCNC2)c2ccc(-c3ccn[nH]3)cc2n1. The number of rotatable bonds is 3. The van der Waals surface area contributed by atoms with Gasteiger partial charge in [-0.05, 0) is 31.5 Å². The third-order valence-corrected chi connectivity index (χ3v) is 4.30. The molecule has 1 aromatic carbocycles. The van der Waals surface area contributed by atoms with Crippen molar-refractivity contribution in [2.75, 3.05) is 24.1 Å². The number of aromatic amines is 1. The van der Waals surface area contributed by atoms with Crippen LogP contribution >= 0.6 is 0 Å². The minimum Gasteiger partial charge on any atom is -0.384 e. The molecule has 1 atom stereocenters. The number of piperidine rings is 1. The molecule has 1 fully saturated rings. The Labute approximate surface area is 134 Å². The maximum Gasteiger partial charge on any atom is 0.126 e. The van der Waals surface area contributed by atoms with E-state index in [1.165, 1.54) is 12.8 Å². The summed E-state index contributed by atoms with van der Waals surface area (Å²) in [4.78, 5) is 4.49. The molecular weight excluding hydrogens is 288 g/mol. The number of nitrogens with zero attached hydrogens (tertiary/aromatic N) is 2. The highest BCUT2D eigenvalue weighted by Crippen LogP contribution is 2.29. The zero-order chi connectivity index (χ0) is 15.6. The number of pyridine rings is 1. The minimum atomic E-state index is 0.432. The fraction of sp³-hybridized carbons (Fsp3) is 0.294. The van der Waals surface area contributed by atoms with Crippen LogP contribution in [0.3, 0.4) is 0 Å². The van der Waals surface area contributed by atoms with Gasteiger partial charge < -0.3 is 16.4 Å². The van der Waals surface area contributed by atoms with Crippen molar-refractivity contribution in [3.63, 3.8) is 0 Å². The summed E-state index contributed by atoms with van der Waals surface area (Å²) in [5.41, 5.74) is 9.99. The predicted molar refractivity (Wildman–Crippen MR) is 93.3 cm³/mol. The smallest absolute Gasteiger partial charge is 0.126 e. The van der Waals surface area contributed by atoms with Crippen molar-refractivity contribution >= 4 is 22.4 Å². The van der Waals surface area contributed by atoms with Gasteiger partial charge in [0, 0.05) is 41.5 Å². The molecule has 5 N–H and O–H groups in total. The lowest BCUT2D eigenvalue weighted by Gasteiger charge is -2.25. The summed E-state index contributed by atoms with van der Waals surface area (Å²) in [5, 5.41) is 15.1. The number of nitrogen functional groups attached to an aromatic ring is 1. The number of H-pyrrole nitrogens is 1. The van der Waals surface area contributed by atoms with Gasteiger partial charge in [0.1, 0.15) is 5.82 Å². The Balaban J connectivity index is 1.72. The average molecular weight is 308 g/mol. The van der Waals surface area contributed by atoms with Crippen molar-refractivity contribution in [1.82, 2.24) is 20.5 Å². The normalized spacial score (nSPS) is 18.2. The summed E-state index contributed by atoms with van der Waals surface area (Å²) in [6, 6.07) is 10.5. The largest absolute Gasteiger partial charge is 0.384 e. The maximum absolute atomic E-state index is 6.01. The van der Waals surface area contributed by atoms with Gasteiger partial charge in [-0.1, -0.05) is 12.1 Å². The van der Waals surface area contributed by atoms with Crippen molar-refractivity contribution in [3.05, 3.63) is 36.5 Å². The first-order valence-electron chi connectivity index (χ1n) is 7.97. The summed E-state index contributed by atoms with van der Waals surface area (Å²) in [6.45, 7) is 2.08. The lowest BCUT2D eigenvalue weighted by atomic mass is 10.0. The molecule has 1 aliphatic heterocycles. The molecule has 0 radical (unpaired) electrons. The number of hydrogen-bond donors (Lipinski definition) is 4. The Morgan fingerprint density at radius 1 is 1.22 bits per heavy atom. The molecule has 2 aromatic heterocycles. The van der Waals surface area contributed by atoms with Crippen LogP contribution in [0.4, 0.5) is 11.5 Å². The molecule has 0 spiro atoms. The summed E-state index contributed by atoms with van der Waals surface area (Å²) < 4.78 is 0.